The van der Waals surface area contributed by atoms with Crippen molar-refractivity contribution in [3.63, 3.8) is 0 Å². The van der Waals surface area contributed by atoms with Gasteiger partial charge in [-0.25, -0.2) is 4.79 Å². The van der Waals surface area contributed by atoms with Crippen molar-refractivity contribution in [3.05, 3.63) is 45.4 Å². The molecule has 0 radical (unpaired) electrons. The number of nitrogens with one attached hydrogen (secondary N) is 1. The number of ether oxygens (including phenoxy) is 1. The Morgan fingerprint density at radius 1 is 1.39 bits per heavy atom. The first kappa shape index (κ1) is 17.7. The van der Waals surface area contributed by atoms with Crippen LogP contribution in [0.2, 0.25) is 18.1 Å². The zero-order valence-electron chi connectivity index (χ0n) is 14.1. The van der Waals surface area contributed by atoms with Crippen LogP contribution in [0, 0.1) is 0 Å². The standard InChI is InChI=1S/C15H24N2O5Si/c1-9-12(22-23(5,6)15(2,3)4)11(19)13(21-9)17-8-7-10(18)16-14(17)20/h7-8,11-13,19H,1H2,2-6H3,(H,16,18,20)/t11-,12?,13-/m1/s1. The van der Waals surface area contributed by atoms with Crippen molar-refractivity contribution in [2.75, 3.05) is 0 Å². The molecule has 1 aromatic rings. The number of aromatic nitrogens is 2. The Bertz CT molecular complexity index is 716. The van der Waals surface area contributed by atoms with Crippen molar-refractivity contribution in [3.8, 4) is 0 Å². The smallest absolute Gasteiger partial charge is 0.331 e. The first-order valence-electron chi connectivity index (χ1n) is 7.47. The zero-order valence-corrected chi connectivity index (χ0v) is 15.1. The Balaban J connectivity index is 2.28. The van der Waals surface area contributed by atoms with Crippen LogP contribution in [0.4, 0.5) is 0 Å². The van der Waals surface area contributed by atoms with E-state index in [-0.39, 0.29) is 10.8 Å². The predicted molar refractivity (Wildman–Crippen MR) is 88.7 cm³/mol. The van der Waals surface area contributed by atoms with Crippen molar-refractivity contribution in [1.82, 2.24) is 9.55 Å². The fraction of sp³-hybridized carbons (Fsp3) is 0.600. The highest BCUT2D eigenvalue weighted by atomic mass is 28.4. The monoisotopic (exact) mass is 340 g/mol. The van der Waals surface area contributed by atoms with Crippen molar-refractivity contribution in [2.24, 2.45) is 0 Å². The van der Waals surface area contributed by atoms with Crippen LogP contribution < -0.4 is 11.2 Å². The van der Waals surface area contributed by atoms with Gasteiger partial charge >= 0.3 is 5.69 Å². The van der Waals surface area contributed by atoms with Gasteiger partial charge in [0.2, 0.25) is 6.23 Å². The van der Waals surface area contributed by atoms with Crippen molar-refractivity contribution >= 4 is 8.32 Å². The average Bonchev–Trinajstić information content (AvgIpc) is 2.65. The van der Waals surface area contributed by atoms with Crippen LogP contribution >= 0.6 is 0 Å². The topological polar surface area (TPSA) is 93.6 Å². The molecule has 2 N–H and O–H groups in total. The molecule has 0 spiro atoms. The summed E-state index contributed by atoms with van der Waals surface area (Å²) >= 11 is 0. The third-order valence-electron chi connectivity index (χ3n) is 4.54. The fourth-order valence-corrected chi connectivity index (χ4v) is 3.37. The second kappa shape index (κ2) is 5.77. The molecule has 0 saturated carbocycles. The van der Waals surface area contributed by atoms with Gasteiger partial charge in [-0.15, -0.1) is 0 Å². The van der Waals surface area contributed by atoms with E-state index in [0.29, 0.717) is 0 Å². The van der Waals surface area contributed by atoms with Crippen LogP contribution in [0.3, 0.4) is 0 Å². The lowest BCUT2D eigenvalue weighted by Crippen LogP contribution is -2.47. The molecular formula is C15H24N2O5Si. The summed E-state index contributed by atoms with van der Waals surface area (Å²) in [6, 6.07) is 1.20. The maximum Gasteiger partial charge on any atom is 0.331 e. The van der Waals surface area contributed by atoms with Crippen molar-refractivity contribution in [2.45, 2.75) is 57.3 Å². The Morgan fingerprint density at radius 3 is 2.52 bits per heavy atom. The van der Waals surface area contributed by atoms with Crippen LogP contribution in [-0.2, 0) is 9.16 Å². The minimum Gasteiger partial charge on any atom is -0.469 e. The highest BCUT2D eigenvalue weighted by Crippen LogP contribution is 2.41. The molecule has 0 amide bonds. The lowest BCUT2D eigenvalue weighted by Gasteiger charge is -2.38. The summed E-state index contributed by atoms with van der Waals surface area (Å²) < 4.78 is 12.9. The number of hydrogen-bond donors (Lipinski definition) is 2. The molecule has 0 bridgehead atoms. The van der Waals surface area contributed by atoms with E-state index >= 15 is 0 Å². The van der Waals surface area contributed by atoms with Gasteiger partial charge in [-0.05, 0) is 18.1 Å². The molecule has 1 fully saturated rings. The maximum absolute atomic E-state index is 11.9. The molecule has 1 saturated heterocycles. The van der Waals surface area contributed by atoms with Gasteiger partial charge in [0.05, 0.1) is 0 Å². The van der Waals surface area contributed by atoms with Crippen molar-refractivity contribution < 1.29 is 14.3 Å². The summed E-state index contributed by atoms with van der Waals surface area (Å²) in [5, 5.41) is 10.5. The van der Waals surface area contributed by atoms with E-state index in [4.69, 9.17) is 9.16 Å². The average molecular weight is 340 g/mol. The predicted octanol–water partition coefficient (Wildman–Crippen LogP) is 1.33. The number of rotatable bonds is 3. The number of hydrogen-bond acceptors (Lipinski definition) is 5. The Morgan fingerprint density at radius 2 is 2.00 bits per heavy atom. The highest BCUT2D eigenvalue weighted by Gasteiger charge is 2.48. The Labute approximate surface area is 135 Å². The molecule has 0 aromatic carbocycles. The largest absolute Gasteiger partial charge is 0.469 e. The maximum atomic E-state index is 11.9. The molecule has 3 atom stereocenters. The summed E-state index contributed by atoms with van der Waals surface area (Å²) in [5.74, 6) is 0.283. The summed E-state index contributed by atoms with van der Waals surface area (Å²) in [6.07, 6.45) is -1.47. The van der Waals surface area contributed by atoms with E-state index < -0.39 is 38.0 Å². The molecular weight excluding hydrogens is 316 g/mol. The fourth-order valence-electron chi connectivity index (χ4n) is 2.11. The van der Waals surface area contributed by atoms with E-state index in [9.17, 15) is 14.7 Å². The molecule has 7 nitrogen and oxygen atoms in total. The number of aromatic amines is 1. The summed E-state index contributed by atoms with van der Waals surface area (Å²) in [4.78, 5) is 25.2. The summed E-state index contributed by atoms with van der Waals surface area (Å²) in [5.41, 5.74) is -1.16. The molecule has 1 unspecified atom stereocenters. The zero-order chi connectivity index (χ0) is 17.6. The lowest BCUT2D eigenvalue weighted by atomic mass is 10.2. The first-order valence-corrected chi connectivity index (χ1v) is 10.4. The van der Waals surface area contributed by atoms with Crippen molar-refractivity contribution in [1.29, 1.82) is 0 Å². The Hall–Kier alpha value is -1.64. The molecule has 1 aliphatic rings. The first-order chi connectivity index (χ1) is 10.4. The van der Waals surface area contributed by atoms with E-state index in [2.05, 4.69) is 45.4 Å². The van der Waals surface area contributed by atoms with Gasteiger partial charge < -0.3 is 14.3 Å². The lowest BCUT2D eigenvalue weighted by molar-refractivity contribution is -0.0141. The molecule has 8 heteroatoms. The van der Waals surface area contributed by atoms with E-state index in [1.165, 1.54) is 12.3 Å². The Kier molecular flexibility index (Phi) is 4.44. The van der Waals surface area contributed by atoms with Crippen LogP contribution in [-0.4, -0.2) is 35.2 Å². The SMILES string of the molecule is C=C1O[C@@H](n2ccc(=O)[nH]c2=O)[C@H](O)C1O[Si](C)(C)C(C)(C)C. The summed E-state index contributed by atoms with van der Waals surface area (Å²) in [7, 11) is -2.15. The van der Waals surface area contributed by atoms with E-state index in [1.54, 1.807) is 0 Å². The highest BCUT2D eigenvalue weighted by molar-refractivity contribution is 6.74. The molecule has 2 heterocycles. The second-order valence-corrected chi connectivity index (χ2v) is 12.0. The van der Waals surface area contributed by atoms with Crippen LogP contribution in [0.1, 0.15) is 27.0 Å². The quantitative estimate of drug-likeness (QED) is 0.810. The van der Waals surface area contributed by atoms with Gasteiger partial charge in [-0.3, -0.25) is 14.3 Å². The minimum absolute atomic E-state index is 0.0418. The summed E-state index contributed by atoms with van der Waals surface area (Å²) in [6.45, 7) is 14.2. The van der Waals surface area contributed by atoms with Crippen LogP contribution in [0.15, 0.2) is 34.2 Å². The molecule has 2 rings (SSSR count). The van der Waals surface area contributed by atoms with Gasteiger partial charge in [0.15, 0.2) is 8.32 Å². The number of H-pyrrole nitrogens is 1. The molecule has 0 aliphatic carbocycles. The normalized spacial score (nSPS) is 25.5. The number of aliphatic hydroxyl groups is 1. The van der Waals surface area contributed by atoms with Crippen LogP contribution in [0.25, 0.3) is 0 Å². The van der Waals surface area contributed by atoms with Gasteiger partial charge in [-0.2, -0.15) is 0 Å². The molecule has 23 heavy (non-hydrogen) atoms. The number of nitrogens with zero attached hydrogens (tertiary/aromatic N) is 1. The molecule has 1 aliphatic heterocycles. The third-order valence-corrected chi connectivity index (χ3v) is 9.00. The van der Waals surface area contributed by atoms with Crippen LogP contribution in [0.5, 0.6) is 0 Å². The minimum atomic E-state index is -2.15. The van der Waals surface area contributed by atoms with E-state index in [0.717, 1.165) is 4.57 Å². The van der Waals surface area contributed by atoms with Gasteiger partial charge in [0, 0.05) is 12.3 Å². The van der Waals surface area contributed by atoms with E-state index in [1.807, 2.05) is 0 Å². The number of aliphatic hydroxyl groups excluding tert-OH is 1. The molecule has 1 aromatic heterocycles. The van der Waals surface area contributed by atoms with Gasteiger partial charge in [-0.1, -0.05) is 27.4 Å². The van der Waals surface area contributed by atoms with Gasteiger partial charge in [0.1, 0.15) is 18.0 Å². The molecule has 128 valence electrons. The second-order valence-electron chi connectivity index (χ2n) is 7.28. The third kappa shape index (κ3) is 3.33. The van der Waals surface area contributed by atoms with Gasteiger partial charge in [0.25, 0.3) is 5.56 Å².